The van der Waals surface area contributed by atoms with E-state index in [2.05, 4.69) is 20.3 Å². The molecule has 3 atom stereocenters. The van der Waals surface area contributed by atoms with Gasteiger partial charge in [0.25, 0.3) is 5.91 Å². The molecule has 2 saturated heterocycles. The lowest BCUT2D eigenvalue weighted by Crippen LogP contribution is -2.46. The molecule has 1 aromatic carbocycles. The van der Waals surface area contributed by atoms with Crippen molar-refractivity contribution in [2.75, 3.05) is 12.0 Å². The van der Waals surface area contributed by atoms with Crippen LogP contribution in [0, 0.1) is 0 Å². The van der Waals surface area contributed by atoms with Crippen LogP contribution in [0.25, 0.3) is 28.0 Å². The summed E-state index contributed by atoms with van der Waals surface area (Å²) in [5.41, 5.74) is 11.4. The van der Waals surface area contributed by atoms with Gasteiger partial charge in [0.05, 0.1) is 29.9 Å². The van der Waals surface area contributed by atoms with Crippen LogP contribution in [-0.4, -0.2) is 72.5 Å². The smallest absolute Gasteiger partial charge is 0.274 e. The van der Waals surface area contributed by atoms with E-state index in [1.165, 1.54) is 4.52 Å². The third-order valence-corrected chi connectivity index (χ3v) is 9.71. The Morgan fingerprint density at radius 3 is 2.44 bits per heavy atom. The van der Waals surface area contributed by atoms with Crippen molar-refractivity contribution >= 4 is 27.2 Å². The van der Waals surface area contributed by atoms with Gasteiger partial charge in [-0.1, -0.05) is 36.4 Å². The summed E-state index contributed by atoms with van der Waals surface area (Å²) in [6, 6.07) is 15.1. The molecule has 4 aromatic heterocycles. The number of benzene rings is 1. The number of nitrogens with zero attached hydrogens (tertiary/aromatic N) is 6. The highest BCUT2D eigenvalue weighted by molar-refractivity contribution is 7.91. The molecule has 0 aliphatic carbocycles. The van der Waals surface area contributed by atoms with Crippen LogP contribution < -0.4 is 5.73 Å². The van der Waals surface area contributed by atoms with Gasteiger partial charge in [-0.15, -0.1) is 0 Å². The number of aromatic nitrogens is 6. The van der Waals surface area contributed by atoms with Crippen molar-refractivity contribution in [2.24, 2.45) is 0 Å². The third kappa shape index (κ3) is 4.64. The summed E-state index contributed by atoms with van der Waals surface area (Å²) in [6.45, 7) is -0.233. The van der Waals surface area contributed by atoms with Crippen LogP contribution in [0.4, 0.5) is 5.82 Å². The number of nitrogens with one attached hydrogen (secondary N) is 1. The Kier molecular flexibility index (Phi) is 6.51. The van der Waals surface area contributed by atoms with Crippen LogP contribution in [0.3, 0.4) is 0 Å². The Hall–Kier alpha value is -4.62. The molecule has 0 spiro atoms. The highest BCUT2D eigenvalue weighted by atomic mass is 32.2. The molecule has 4 N–H and O–H groups in total. The highest BCUT2D eigenvalue weighted by Crippen LogP contribution is 2.45. The summed E-state index contributed by atoms with van der Waals surface area (Å²) in [6.07, 6.45) is 7.20. The number of rotatable bonds is 6. The first-order chi connectivity index (χ1) is 20.7. The molecular formula is C30H30N8O4S. The van der Waals surface area contributed by atoms with Crippen molar-refractivity contribution < 1.29 is 18.3 Å². The standard InChI is InChI=1S/C30H30N8O4S/c1-43(41,42)27-26(19-11-21-8-9-22(12-19)37(21)30(40)25-13-20(16-39)35-36-25)34-29-23(15-33-38(29)28(27)31)18-7-10-24(32-14-18)17-5-3-2-4-6-17/h2-7,10,13-15,19,21-22,39H,8-9,11-12,16,31H2,1H3,(H,35,36)/t19?,21-,22+. The fourth-order valence-corrected chi connectivity index (χ4v) is 7.69. The number of piperidine rings is 1. The van der Waals surface area contributed by atoms with Gasteiger partial charge in [0.15, 0.2) is 21.2 Å². The second kappa shape index (κ2) is 10.3. The van der Waals surface area contributed by atoms with E-state index < -0.39 is 9.84 Å². The van der Waals surface area contributed by atoms with Gasteiger partial charge in [-0.3, -0.25) is 14.9 Å². The molecule has 6 heterocycles. The van der Waals surface area contributed by atoms with Crippen molar-refractivity contribution in [3.63, 3.8) is 0 Å². The maximum absolute atomic E-state index is 13.4. The number of amides is 1. The molecule has 2 aliphatic rings. The van der Waals surface area contributed by atoms with Crippen molar-refractivity contribution in [3.05, 3.63) is 78.0 Å². The van der Waals surface area contributed by atoms with E-state index in [1.807, 2.05) is 47.4 Å². The second-order valence-electron chi connectivity index (χ2n) is 11.3. The number of nitrogen functional groups attached to an aromatic ring is 1. The zero-order chi connectivity index (χ0) is 29.9. The number of aliphatic hydroxyl groups is 1. The first kappa shape index (κ1) is 27.2. The number of aromatic amines is 1. The number of pyridine rings is 1. The zero-order valence-corrected chi connectivity index (χ0v) is 24.2. The number of nitrogens with two attached hydrogens (primary N) is 1. The van der Waals surface area contributed by atoms with Crippen LogP contribution in [0.5, 0.6) is 0 Å². The van der Waals surface area contributed by atoms with Gasteiger partial charge in [-0.05, 0) is 37.8 Å². The van der Waals surface area contributed by atoms with Gasteiger partial charge in [0.2, 0.25) is 0 Å². The lowest BCUT2D eigenvalue weighted by Gasteiger charge is -2.39. The predicted octanol–water partition coefficient (Wildman–Crippen LogP) is 3.21. The molecule has 2 bridgehead atoms. The Bertz CT molecular complexity index is 1940. The minimum atomic E-state index is -3.76. The van der Waals surface area contributed by atoms with Gasteiger partial charge in [0, 0.05) is 47.1 Å². The third-order valence-electron chi connectivity index (χ3n) is 8.55. The molecule has 2 fully saturated rings. The van der Waals surface area contributed by atoms with E-state index in [1.54, 1.807) is 18.5 Å². The van der Waals surface area contributed by atoms with Gasteiger partial charge >= 0.3 is 0 Å². The first-order valence-corrected chi connectivity index (χ1v) is 16.0. The number of fused-ring (bicyclic) bond motifs is 3. The first-order valence-electron chi connectivity index (χ1n) is 14.1. The number of hydrogen-bond donors (Lipinski definition) is 3. The Morgan fingerprint density at radius 1 is 1.07 bits per heavy atom. The number of sulfone groups is 1. The Labute approximate surface area is 247 Å². The summed E-state index contributed by atoms with van der Waals surface area (Å²) in [5.74, 6) is -0.411. The van der Waals surface area contributed by atoms with Crippen LogP contribution in [0.2, 0.25) is 0 Å². The normalized spacial score (nSPS) is 20.1. The zero-order valence-electron chi connectivity index (χ0n) is 23.4. The SMILES string of the molecule is CS(=O)(=O)c1c(C2C[C@H]3CC[C@@H](C2)N3C(=O)c2cc(CO)[nH]n2)nc2c(-c3ccc(-c4ccccc4)nc3)cnn2c1N. The van der Waals surface area contributed by atoms with Crippen LogP contribution in [-0.2, 0) is 16.4 Å². The molecule has 1 unspecified atom stereocenters. The molecule has 0 saturated carbocycles. The minimum absolute atomic E-state index is 0.0153. The maximum atomic E-state index is 13.4. The molecule has 0 radical (unpaired) electrons. The average Bonchev–Trinajstić information content (AvgIpc) is 3.73. The molecule has 5 aromatic rings. The quantitative estimate of drug-likeness (QED) is 0.265. The Morgan fingerprint density at radius 2 is 1.81 bits per heavy atom. The van der Waals surface area contributed by atoms with Crippen molar-refractivity contribution in [1.82, 2.24) is 34.7 Å². The number of carbonyl (C=O) groups is 1. The van der Waals surface area contributed by atoms with Gasteiger partial charge in [0.1, 0.15) is 10.7 Å². The highest BCUT2D eigenvalue weighted by Gasteiger charge is 2.46. The van der Waals surface area contributed by atoms with Gasteiger partial charge in [-0.25, -0.2) is 13.4 Å². The van der Waals surface area contributed by atoms with E-state index in [4.69, 9.17) is 10.7 Å². The number of H-pyrrole nitrogens is 1. The predicted molar refractivity (Wildman–Crippen MR) is 159 cm³/mol. The average molecular weight is 599 g/mol. The summed E-state index contributed by atoms with van der Waals surface area (Å²) < 4.78 is 27.6. The van der Waals surface area contributed by atoms with Crippen molar-refractivity contribution in [2.45, 2.75) is 55.2 Å². The maximum Gasteiger partial charge on any atom is 0.274 e. The molecule has 1 amide bonds. The number of carbonyl (C=O) groups excluding carboxylic acids is 1. The summed E-state index contributed by atoms with van der Waals surface area (Å²) in [7, 11) is -3.76. The monoisotopic (exact) mass is 598 g/mol. The lowest BCUT2D eigenvalue weighted by molar-refractivity contribution is 0.0562. The summed E-state index contributed by atoms with van der Waals surface area (Å²) >= 11 is 0. The fourth-order valence-electron chi connectivity index (χ4n) is 6.63. The van der Waals surface area contributed by atoms with Crippen LogP contribution in [0.15, 0.2) is 65.8 Å². The molecular weight excluding hydrogens is 568 g/mol. The topological polar surface area (TPSA) is 172 Å². The van der Waals surface area contributed by atoms with Crippen molar-refractivity contribution in [1.29, 1.82) is 0 Å². The van der Waals surface area contributed by atoms with Gasteiger partial charge in [-0.2, -0.15) is 14.7 Å². The summed E-state index contributed by atoms with van der Waals surface area (Å²) in [5, 5.41) is 20.6. The lowest BCUT2D eigenvalue weighted by atomic mass is 9.87. The molecule has 220 valence electrons. The second-order valence-corrected chi connectivity index (χ2v) is 13.2. The van der Waals surface area contributed by atoms with Crippen molar-refractivity contribution in [3.8, 4) is 22.4 Å². The minimum Gasteiger partial charge on any atom is -0.390 e. The largest absolute Gasteiger partial charge is 0.390 e. The summed E-state index contributed by atoms with van der Waals surface area (Å²) in [4.78, 5) is 24.8. The number of aliphatic hydroxyl groups excluding tert-OH is 1. The van der Waals surface area contributed by atoms with E-state index in [0.29, 0.717) is 35.4 Å². The van der Waals surface area contributed by atoms with Crippen LogP contribution >= 0.6 is 0 Å². The molecule has 12 nitrogen and oxygen atoms in total. The molecule has 13 heteroatoms. The van der Waals surface area contributed by atoms with Crippen LogP contribution in [0.1, 0.15) is 53.5 Å². The Balaban J connectivity index is 1.26. The fraction of sp³-hybridized carbons (Fsp3) is 0.300. The number of anilines is 1. The molecule has 7 rings (SSSR count). The van der Waals surface area contributed by atoms with Gasteiger partial charge < -0.3 is 15.7 Å². The molecule has 2 aliphatic heterocycles. The molecule has 43 heavy (non-hydrogen) atoms. The van der Waals surface area contributed by atoms with E-state index >= 15 is 0 Å². The number of hydrogen-bond acceptors (Lipinski definition) is 9. The van der Waals surface area contributed by atoms with E-state index in [-0.39, 0.29) is 46.9 Å². The van der Waals surface area contributed by atoms with E-state index in [9.17, 15) is 18.3 Å². The van der Waals surface area contributed by atoms with E-state index in [0.717, 1.165) is 35.9 Å².